The van der Waals surface area contributed by atoms with Gasteiger partial charge in [0.2, 0.25) is 5.91 Å². The largest absolute Gasteiger partial charge is 0.317 e. The number of unbranched alkanes of at least 4 members (excludes halogenated alkanes) is 4. The van der Waals surface area contributed by atoms with Crippen LogP contribution in [-0.4, -0.2) is 5.91 Å². The molecule has 21 heavy (non-hydrogen) atoms. The number of rotatable bonds is 7. The molecule has 1 amide bonds. The van der Waals surface area contributed by atoms with E-state index in [2.05, 4.69) is 18.3 Å². The van der Waals surface area contributed by atoms with Gasteiger partial charge in [-0.1, -0.05) is 32.6 Å². The fraction of sp³-hybridized carbons (Fsp3) is 0.647. The normalized spacial score (nSPS) is 13.5. The molecule has 4 heteroatoms. The van der Waals surface area contributed by atoms with Crippen LogP contribution in [0.15, 0.2) is 0 Å². The van der Waals surface area contributed by atoms with Gasteiger partial charge in [-0.15, -0.1) is 11.3 Å². The zero-order valence-corrected chi connectivity index (χ0v) is 13.7. The molecule has 0 atom stereocenters. The van der Waals surface area contributed by atoms with Crippen molar-refractivity contribution in [3.63, 3.8) is 0 Å². The maximum atomic E-state index is 12.0. The third kappa shape index (κ3) is 4.31. The first kappa shape index (κ1) is 16.0. The fourth-order valence-corrected chi connectivity index (χ4v) is 4.11. The van der Waals surface area contributed by atoms with Crippen molar-refractivity contribution in [2.45, 2.75) is 71.1 Å². The molecule has 0 bridgehead atoms. The Morgan fingerprint density at radius 3 is 2.76 bits per heavy atom. The Morgan fingerprint density at radius 2 is 2.00 bits per heavy atom. The van der Waals surface area contributed by atoms with Crippen LogP contribution in [0, 0.1) is 11.3 Å². The lowest BCUT2D eigenvalue weighted by Gasteiger charge is -2.09. The lowest BCUT2D eigenvalue weighted by atomic mass is 9.96. The molecule has 1 N–H and O–H groups in total. The van der Waals surface area contributed by atoms with Gasteiger partial charge in [0.1, 0.15) is 11.1 Å². The molecule has 0 saturated carbocycles. The van der Waals surface area contributed by atoms with E-state index in [1.807, 2.05) is 0 Å². The zero-order valence-electron chi connectivity index (χ0n) is 12.8. The van der Waals surface area contributed by atoms with E-state index in [1.54, 1.807) is 11.3 Å². The number of anilines is 1. The van der Waals surface area contributed by atoms with Crippen LogP contribution in [0.25, 0.3) is 0 Å². The van der Waals surface area contributed by atoms with Crippen LogP contribution in [0.2, 0.25) is 0 Å². The summed E-state index contributed by atoms with van der Waals surface area (Å²) in [6.45, 7) is 2.19. The Labute approximate surface area is 131 Å². The molecule has 0 unspecified atom stereocenters. The molecule has 1 aliphatic carbocycles. The van der Waals surface area contributed by atoms with E-state index in [0.717, 1.165) is 37.1 Å². The van der Waals surface area contributed by atoms with Crippen LogP contribution < -0.4 is 5.32 Å². The third-order valence-electron chi connectivity index (χ3n) is 4.04. The molecule has 0 fully saturated rings. The van der Waals surface area contributed by atoms with Crippen LogP contribution >= 0.6 is 11.3 Å². The van der Waals surface area contributed by atoms with Crippen molar-refractivity contribution in [2.24, 2.45) is 0 Å². The first-order valence-corrected chi connectivity index (χ1v) is 8.92. The van der Waals surface area contributed by atoms with Gasteiger partial charge in [-0.05, 0) is 37.7 Å². The highest BCUT2D eigenvalue weighted by atomic mass is 32.1. The highest BCUT2D eigenvalue weighted by Gasteiger charge is 2.21. The van der Waals surface area contributed by atoms with E-state index >= 15 is 0 Å². The van der Waals surface area contributed by atoms with Gasteiger partial charge in [-0.25, -0.2) is 0 Å². The number of fused-ring (bicyclic) bond motifs is 1. The second-order valence-corrected chi connectivity index (χ2v) is 6.84. The first-order chi connectivity index (χ1) is 10.3. The lowest BCUT2D eigenvalue weighted by molar-refractivity contribution is -0.116. The highest BCUT2D eigenvalue weighted by molar-refractivity contribution is 7.16. The number of hydrogen-bond acceptors (Lipinski definition) is 3. The summed E-state index contributed by atoms with van der Waals surface area (Å²) in [5.74, 6) is 0.0570. The van der Waals surface area contributed by atoms with Crippen molar-refractivity contribution in [1.82, 2.24) is 0 Å². The van der Waals surface area contributed by atoms with Gasteiger partial charge in [0, 0.05) is 11.3 Å². The molecule has 0 aliphatic heterocycles. The molecule has 0 radical (unpaired) electrons. The van der Waals surface area contributed by atoms with Gasteiger partial charge in [-0.2, -0.15) is 5.26 Å². The predicted octanol–water partition coefficient (Wildman–Crippen LogP) is 4.80. The highest BCUT2D eigenvalue weighted by Crippen LogP contribution is 2.37. The summed E-state index contributed by atoms with van der Waals surface area (Å²) in [6, 6.07) is 2.29. The molecule has 1 heterocycles. The third-order valence-corrected chi connectivity index (χ3v) is 5.25. The molecule has 114 valence electrons. The second kappa shape index (κ2) is 8.19. The van der Waals surface area contributed by atoms with Crippen LogP contribution in [0.5, 0.6) is 0 Å². The molecule has 0 aromatic carbocycles. The number of nitrogens with one attached hydrogen (secondary N) is 1. The van der Waals surface area contributed by atoms with Crippen molar-refractivity contribution in [3.05, 3.63) is 16.0 Å². The van der Waals surface area contributed by atoms with Crippen molar-refractivity contribution in [1.29, 1.82) is 5.26 Å². The summed E-state index contributed by atoms with van der Waals surface area (Å²) in [5, 5.41) is 13.1. The van der Waals surface area contributed by atoms with Gasteiger partial charge in [-0.3, -0.25) is 4.79 Å². The maximum Gasteiger partial charge on any atom is 0.225 e. The molecule has 1 aromatic rings. The fourth-order valence-electron chi connectivity index (χ4n) is 2.85. The smallest absolute Gasteiger partial charge is 0.225 e. The van der Waals surface area contributed by atoms with Crippen molar-refractivity contribution in [2.75, 3.05) is 5.32 Å². The molecule has 0 spiro atoms. The maximum absolute atomic E-state index is 12.0. The van der Waals surface area contributed by atoms with Crippen LogP contribution in [-0.2, 0) is 17.6 Å². The lowest BCUT2D eigenvalue weighted by Crippen LogP contribution is -2.11. The van der Waals surface area contributed by atoms with Crippen LogP contribution in [0.4, 0.5) is 5.00 Å². The minimum absolute atomic E-state index is 0.0570. The summed E-state index contributed by atoms with van der Waals surface area (Å²) < 4.78 is 0. The van der Waals surface area contributed by atoms with Crippen molar-refractivity contribution in [3.8, 4) is 6.07 Å². The Balaban J connectivity index is 1.89. The Kier molecular flexibility index (Phi) is 6.25. The van der Waals surface area contributed by atoms with E-state index in [9.17, 15) is 10.1 Å². The Morgan fingerprint density at radius 1 is 1.24 bits per heavy atom. The molecular formula is C17H24N2OS. The number of carbonyl (C=O) groups excluding carboxylic acids is 1. The minimum atomic E-state index is 0.0570. The first-order valence-electron chi connectivity index (χ1n) is 8.10. The summed E-state index contributed by atoms with van der Waals surface area (Å²) in [4.78, 5) is 13.3. The minimum Gasteiger partial charge on any atom is -0.317 e. The monoisotopic (exact) mass is 304 g/mol. The molecule has 2 rings (SSSR count). The average molecular weight is 304 g/mol. The van der Waals surface area contributed by atoms with Crippen LogP contribution in [0.1, 0.15) is 74.3 Å². The van der Waals surface area contributed by atoms with Gasteiger partial charge < -0.3 is 5.32 Å². The summed E-state index contributed by atoms with van der Waals surface area (Å²) >= 11 is 1.61. The van der Waals surface area contributed by atoms with Gasteiger partial charge >= 0.3 is 0 Å². The van der Waals surface area contributed by atoms with Crippen molar-refractivity contribution < 1.29 is 4.79 Å². The number of hydrogen-bond donors (Lipinski definition) is 1. The molecule has 3 nitrogen and oxygen atoms in total. The summed E-state index contributed by atoms with van der Waals surface area (Å²) in [7, 11) is 0. The topological polar surface area (TPSA) is 52.9 Å². The SMILES string of the molecule is CCCCCCCC(=O)Nc1sc2c(c1C#N)CCCC2. The average Bonchev–Trinajstić information content (AvgIpc) is 2.84. The van der Waals surface area contributed by atoms with E-state index in [4.69, 9.17) is 0 Å². The molecule has 0 saturated heterocycles. The summed E-state index contributed by atoms with van der Waals surface area (Å²) in [6.07, 6.45) is 10.7. The van der Waals surface area contributed by atoms with Gasteiger partial charge in [0.15, 0.2) is 0 Å². The van der Waals surface area contributed by atoms with Gasteiger partial charge in [0.05, 0.1) is 5.56 Å². The second-order valence-electron chi connectivity index (χ2n) is 5.74. The zero-order chi connectivity index (χ0) is 15.1. The van der Waals surface area contributed by atoms with E-state index < -0.39 is 0 Å². The Hall–Kier alpha value is -1.34. The van der Waals surface area contributed by atoms with Crippen LogP contribution in [0.3, 0.4) is 0 Å². The Bertz CT molecular complexity index is 528. The number of carbonyl (C=O) groups is 1. The standard InChI is InChI=1S/C17H24N2OS/c1-2-3-4-5-6-11-16(20)19-17-14(12-18)13-9-7-8-10-15(13)21-17/h2-11H2,1H3,(H,19,20). The number of nitriles is 1. The molecule has 1 aromatic heterocycles. The number of thiophene rings is 1. The number of amides is 1. The summed E-state index contributed by atoms with van der Waals surface area (Å²) in [5.41, 5.74) is 1.90. The number of aryl methyl sites for hydroxylation is 1. The number of nitrogens with zero attached hydrogens (tertiary/aromatic N) is 1. The van der Waals surface area contributed by atoms with E-state index in [1.165, 1.54) is 36.1 Å². The van der Waals surface area contributed by atoms with E-state index in [-0.39, 0.29) is 5.91 Å². The van der Waals surface area contributed by atoms with Gasteiger partial charge in [0.25, 0.3) is 0 Å². The molecular weight excluding hydrogens is 280 g/mol. The predicted molar refractivity (Wildman–Crippen MR) is 87.7 cm³/mol. The van der Waals surface area contributed by atoms with Crippen molar-refractivity contribution >= 4 is 22.2 Å². The van der Waals surface area contributed by atoms with E-state index in [0.29, 0.717) is 12.0 Å². The quantitative estimate of drug-likeness (QED) is 0.736. The molecule has 1 aliphatic rings.